The number of unbranched alkanes of at least 4 members (excludes halogenated alkanes) is 1. The third-order valence-electron chi connectivity index (χ3n) is 4.54. The van der Waals surface area contributed by atoms with Crippen LogP contribution in [0.1, 0.15) is 30.6 Å². The molecule has 152 valence electrons. The number of esters is 1. The summed E-state index contributed by atoms with van der Waals surface area (Å²) in [7, 11) is 3.05. The van der Waals surface area contributed by atoms with Crippen LogP contribution < -0.4 is 4.74 Å². The van der Waals surface area contributed by atoms with E-state index in [-0.39, 0.29) is 5.97 Å². The number of benzene rings is 2. The molecule has 0 saturated heterocycles. The second-order valence-electron chi connectivity index (χ2n) is 6.47. The summed E-state index contributed by atoms with van der Waals surface area (Å²) in [5, 5.41) is 9.03. The molecule has 3 aromatic rings. The number of carbonyl (C=O) groups excluding carboxylic acids is 1. The standard InChI is InChI=1S/C22H25N3O3S/c1-4-5-15-25-20(17-11-13-18(27-2)14-12-17)23-24-22(25)29-19(21(26)28-3)16-9-7-6-8-10-16/h6-14,19H,4-5,15H2,1-3H3. The molecular weight excluding hydrogens is 386 g/mol. The number of ether oxygens (including phenoxy) is 2. The quantitative estimate of drug-likeness (QED) is 0.374. The molecule has 6 nitrogen and oxygen atoms in total. The van der Waals surface area contributed by atoms with E-state index in [0.29, 0.717) is 5.16 Å². The monoisotopic (exact) mass is 411 g/mol. The normalized spacial score (nSPS) is 11.8. The molecule has 0 aliphatic heterocycles. The van der Waals surface area contributed by atoms with E-state index >= 15 is 0 Å². The largest absolute Gasteiger partial charge is 0.497 e. The lowest BCUT2D eigenvalue weighted by Gasteiger charge is -2.15. The molecule has 0 aliphatic rings. The van der Waals surface area contributed by atoms with E-state index in [2.05, 4.69) is 21.7 Å². The molecule has 0 radical (unpaired) electrons. The van der Waals surface area contributed by atoms with Gasteiger partial charge in [-0.1, -0.05) is 55.4 Å². The summed E-state index contributed by atoms with van der Waals surface area (Å²) < 4.78 is 12.4. The highest BCUT2D eigenvalue weighted by Crippen LogP contribution is 2.37. The smallest absolute Gasteiger partial charge is 0.323 e. The van der Waals surface area contributed by atoms with Gasteiger partial charge in [-0.15, -0.1) is 10.2 Å². The number of hydrogen-bond donors (Lipinski definition) is 0. The fourth-order valence-electron chi connectivity index (χ4n) is 2.94. The first-order valence-electron chi connectivity index (χ1n) is 9.55. The number of nitrogens with zero attached hydrogens (tertiary/aromatic N) is 3. The third-order valence-corrected chi connectivity index (χ3v) is 5.75. The summed E-state index contributed by atoms with van der Waals surface area (Å²) in [6.07, 6.45) is 2.03. The fourth-order valence-corrected chi connectivity index (χ4v) is 4.03. The molecule has 0 aliphatic carbocycles. The van der Waals surface area contributed by atoms with Gasteiger partial charge in [-0.3, -0.25) is 4.79 Å². The van der Waals surface area contributed by atoms with Gasteiger partial charge in [0.2, 0.25) is 0 Å². The minimum Gasteiger partial charge on any atom is -0.497 e. The van der Waals surface area contributed by atoms with Gasteiger partial charge >= 0.3 is 5.97 Å². The molecule has 1 heterocycles. The van der Waals surface area contributed by atoms with Crippen LogP contribution in [0.4, 0.5) is 0 Å². The van der Waals surface area contributed by atoms with E-state index in [4.69, 9.17) is 9.47 Å². The van der Waals surface area contributed by atoms with Gasteiger partial charge in [0, 0.05) is 12.1 Å². The number of thioether (sulfide) groups is 1. The van der Waals surface area contributed by atoms with Crippen LogP contribution in [0.5, 0.6) is 5.75 Å². The minimum absolute atomic E-state index is 0.308. The molecule has 0 spiro atoms. The van der Waals surface area contributed by atoms with Crippen molar-refractivity contribution >= 4 is 17.7 Å². The zero-order valence-electron chi connectivity index (χ0n) is 16.9. The van der Waals surface area contributed by atoms with E-state index in [1.807, 2.05) is 54.6 Å². The molecule has 0 amide bonds. The second kappa shape index (κ2) is 10.1. The Morgan fingerprint density at radius 1 is 1.07 bits per heavy atom. The minimum atomic E-state index is -0.505. The number of rotatable bonds is 9. The fraction of sp³-hybridized carbons (Fsp3) is 0.318. The van der Waals surface area contributed by atoms with Crippen molar-refractivity contribution in [2.24, 2.45) is 0 Å². The van der Waals surface area contributed by atoms with Gasteiger partial charge in [0.25, 0.3) is 0 Å². The van der Waals surface area contributed by atoms with Crippen LogP contribution >= 0.6 is 11.8 Å². The van der Waals surface area contributed by atoms with Crippen molar-refractivity contribution < 1.29 is 14.3 Å². The van der Waals surface area contributed by atoms with Crippen molar-refractivity contribution in [1.29, 1.82) is 0 Å². The average molecular weight is 412 g/mol. The highest BCUT2D eigenvalue weighted by molar-refractivity contribution is 8.00. The van der Waals surface area contributed by atoms with E-state index < -0.39 is 5.25 Å². The maximum absolute atomic E-state index is 12.5. The Kier molecular flexibility index (Phi) is 7.30. The lowest BCUT2D eigenvalue weighted by Crippen LogP contribution is -2.12. The lowest BCUT2D eigenvalue weighted by molar-refractivity contribution is -0.140. The maximum atomic E-state index is 12.5. The molecule has 2 aromatic carbocycles. The summed E-state index contributed by atoms with van der Waals surface area (Å²) in [4.78, 5) is 12.5. The molecular formula is C22H25N3O3S. The van der Waals surface area contributed by atoms with Crippen LogP contribution in [0, 0.1) is 0 Å². The van der Waals surface area contributed by atoms with Crippen molar-refractivity contribution in [3.63, 3.8) is 0 Å². The highest BCUT2D eigenvalue weighted by atomic mass is 32.2. The first-order valence-corrected chi connectivity index (χ1v) is 10.4. The molecule has 1 atom stereocenters. The van der Waals surface area contributed by atoms with E-state index in [0.717, 1.165) is 42.1 Å². The zero-order valence-corrected chi connectivity index (χ0v) is 17.7. The van der Waals surface area contributed by atoms with Gasteiger partial charge in [-0.05, 0) is 36.2 Å². The maximum Gasteiger partial charge on any atom is 0.323 e. The van der Waals surface area contributed by atoms with Crippen molar-refractivity contribution in [2.75, 3.05) is 14.2 Å². The Balaban J connectivity index is 1.96. The first-order chi connectivity index (χ1) is 14.2. The van der Waals surface area contributed by atoms with Crippen LogP contribution in [0.2, 0.25) is 0 Å². The van der Waals surface area contributed by atoms with E-state index in [9.17, 15) is 4.79 Å². The van der Waals surface area contributed by atoms with Crippen molar-refractivity contribution in [3.05, 3.63) is 60.2 Å². The van der Waals surface area contributed by atoms with E-state index in [1.54, 1.807) is 7.11 Å². The number of methoxy groups -OCH3 is 2. The predicted molar refractivity (Wildman–Crippen MR) is 114 cm³/mol. The van der Waals surface area contributed by atoms with Gasteiger partial charge in [0.05, 0.1) is 14.2 Å². The summed E-state index contributed by atoms with van der Waals surface area (Å²) in [6, 6.07) is 17.3. The van der Waals surface area contributed by atoms with Crippen LogP contribution in [-0.4, -0.2) is 35.0 Å². The first kappa shape index (κ1) is 20.9. The molecule has 3 rings (SSSR count). The summed E-state index contributed by atoms with van der Waals surface area (Å²) in [6.45, 7) is 2.92. The molecule has 0 N–H and O–H groups in total. The lowest BCUT2D eigenvalue weighted by atomic mass is 10.1. The van der Waals surface area contributed by atoms with E-state index in [1.165, 1.54) is 18.9 Å². The molecule has 29 heavy (non-hydrogen) atoms. The average Bonchev–Trinajstić information content (AvgIpc) is 3.18. The van der Waals surface area contributed by atoms with Crippen LogP contribution in [-0.2, 0) is 16.1 Å². The van der Waals surface area contributed by atoms with Crippen molar-refractivity contribution in [3.8, 4) is 17.1 Å². The molecule has 0 fully saturated rings. The van der Waals surface area contributed by atoms with Gasteiger partial charge in [-0.25, -0.2) is 0 Å². The SMILES string of the molecule is CCCCn1c(SC(C(=O)OC)c2ccccc2)nnc1-c1ccc(OC)cc1. The Morgan fingerprint density at radius 2 is 1.79 bits per heavy atom. The second-order valence-corrected chi connectivity index (χ2v) is 7.54. The number of aromatic nitrogens is 3. The summed E-state index contributed by atoms with van der Waals surface area (Å²) >= 11 is 1.36. The molecule has 1 aromatic heterocycles. The number of hydrogen-bond acceptors (Lipinski definition) is 6. The Bertz CT molecular complexity index is 926. The summed E-state index contributed by atoms with van der Waals surface area (Å²) in [5.74, 6) is 1.26. The van der Waals surface area contributed by atoms with Gasteiger partial charge in [0.1, 0.15) is 11.0 Å². The van der Waals surface area contributed by atoms with Crippen LogP contribution in [0.15, 0.2) is 59.8 Å². The topological polar surface area (TPSA) is 66.2 Å². The Morgan fingerprint density at radius 3 is 2.41 bits per heavy atom. The molecule has 0 saturated carbocycles. The Labute approximate surface area is 175 Å². The third kappa shape index (κ3) is 4.98. The van der Waals surface area contributed by atoms with Gasteiger partial charge in [0.15, 0.2) is 11.0 Å². The predicted octanol–water partition coefficient (Wildman–Crippen LogP) is 4.76. The number of carbonyl (C=O) groups is 1. The zero-order chi connectivity index (χ0) is 20.6. The van der Waals surface area contributed by atoms with Crippen LogP contribution in [0.3, 0.4) is 0 Å². The van der Waals surface area contributed by atoms with Gasteiger partial charge in [-0.2, -0.15) is 0 Å². The molecule has 0 bridgehead atoms. The highest BCUT2D eigenvalue weighted by Gasteiger charge is 2.26. The van der Waals surface area contributed by atoms with Crippen molar-refractivity contribution in [2.45, 2.75) is 36.7 Å². The van der Waals surface area contributed by atoms with Crippen molar-refractivity contribution in [1.82, 2.24) is 14.8 Å². The summed E-state index contributed by atoms with van der Waals surface area (Å²) in [5.41, 5.74) is 1.83. The Hall–Kier alpha value is -2.80. The molecule has 7 heteroatoms. The molecule has 1 unspecified atom stereocenters. The van der Waals surface area contributed by atoms with Crippen LogP contribution in [0.25, 0.3) is 11.4 Å². The van der Waals surface area contributed by atoms with Gasteiger partial charge < -0.3 is 14.0 Å².